The molecule has 0 amide bonds. The quantitative estimate of drug-likeness (QED) is 0.737. The van der Waals surface area contributed by atoms with Gasteiger partial charge in [0.15, 0.2) is 0 Å². The van der Waals surface area contributed by atoms with E-state index in [1.54, 1.807) is 6.92 Å². The lowest BCUT2D eigenvalue weighted by molar-refractivity contribution is 0.164. The molecule has 72 valence electrons. The van der Waals surface area contributed by atoms with Gasteiger partial charge in [-0.25, -0.2) is 0 Å². The van der Waals surface area contributed by atoms with E-state index in [1.165, 1.54) is 5.56 Å². The topological polar surface area (TPSA) is 46.2 Å². The molecule has 2 unspecified atom stereocenters. The fraction of sp³-hybridized carbons (Fsp3) is 0.455. The standard InChI is InChI=1S/C11H17NO/c1-8-5-3-4-6-10(8)11(7-12)9(2)13/h3-6,9,11,13H,7,12H2,1-2H3. The zero-order valence-electron chi connectivity index (χ0n) is 8.20. The Kier molecular flexibility index (Phi) is 3.46. The van der Waals surface area contributed by atoms with Gasteiger partial charge in [0, 0.05) is 12.5 Å². The van der Waals surface area contributed by atoms with Crippen molar-refractivity contribution in [3.63, 3.8) is 0 Å². The summed E-state index contributed by atoms with van der Waals surface area (Å²) in [6, 6.07) is 8.04. The predicted molar refractivity (Wildman–Crippen MR) is 54.7 cm³/mol. The minimum Gasteiger partial charge on any atom is -0.393 e. The molecular formula is C11H17NO. The SMILES string of the molecule is Cc1ccccc1C(CN)C(C)O. The smallest absolute Gasteiger partial charge is 0.0592 e. The van der Waals surface area contributed by atoms with Gasteiger partial charge in [-0.05, 0) is 25.0 Å². The van der Waals surface area contributed by atoms with Gasteiger partial charge in [0.25, 0.3) is 0 Å². The molecule has 0 fully saturated rings. The van der Waals surface area contributed by atoms with Crippen molar-refractivity contribution in [1.29, 1.82) is 0 Å². The van der Waals surface area contributed by atoms with Gasteiger partial charge in [-0.2, -0.15) is 0 Å². The van der Waals surface area contributed by atoms with Gasteiger partial charge >= 0.3 is 0 Å². The third kappa shape index (κ3) is 2.29. The fourth-order valence-corrected chi connectivity index (χ4v) is 1.59. The van der Waals surface area contributed by atoms with Gasteiger partial charge in [0.05, 0.1) is 6.10 Å². The lowest BCUT2D eigenvalue weighted by atomic mass is 9.91. The van der Waals surface area contributed by atoms with Gasteiger partial charge in [-0.1, -0.05) is 24.3 Å². The summed E-state index contributed by atoms with van der Waals surface area (Å²) in [5.41, 5.74) is 7.96. The molecule has 1 aromatic carbocycles. The molecule has 3 N–H and O–H groups in total. The molecule has 0 aliphatic heterocycles. The van der Waals surface area contributed by atoms with Crippen LogP contribution in [0.1, 0.15) is 24.0 Å². The van der Waals surface area contributed by atoms with Crippen LogP contribution in [0.2, 0.25) is 0 Å². The lowest BCUT2D eigenvalue weighted by Gasteiger charge is -2.20. The zero-order chi connectivity index (χ0) is 9.84. The first-order chi connectivity index (χ1) is 6.16. The fourth-order valence-electron chi connectivity index (χ4n) is 1.59. The van der Waals surface area contributed by atoms with Gasteiger partial charge in [-0.3, -0.25) is 0 Å². The molecule has 1 rings (SSSR count). The average molecular weight is 179 g/mol. The maximum Gasteiger partial charge on any atom is 0.0592 e. The Bertz CT molecular complexity index is 271. The molecular weight excluding hydrogens is 162 g/mol. The molecule has 2 atom stereocenters. The van der Waals surface area contributed by atoms with Crippen LogP contribution in [-0.2, 0) is 0 Å². The largest absolute Gasteiger partial charge is 0.393 e. The van der Waals surface area contributed by atoms with E-state index in [2.05, 4.69) is 0 Å². The van der Waals surface area contributed by atoms with E-state index in [4.69, 9.17) is 5.73 Å². The highest BCUT2D eigenvalue weighted by Gasteiger charge is 2.16. The van der Waals surface area contributed by atoms with Crippen molar-refractivity contribution >= 4 is 0 Å². The summed E-state index contributed by atoms with van der Waals surface area (Å²) >= 11 is 0. The number of aliphatic hydroxyl groups is 1. The molecule has 0 heterocycles. The van der Waals surface area contributed by atoms with Crippen molar-refractivity contribution in [2.75, 3.05) is 6.54 Å². The van der Waals surface area contributed by atoms with Crippen LogP contribution in [0.4, 0.5) is 0 Å². The van der Waals surface area contributed by atoms with Crippen LogP contribution in [0.3, 0.4) is 0 Å². The normalized spacial score (nSPS) is 15.4. The van der Waals surface area contributed by atoms with Crippen molar-refractivity contribution < 1.29 is 5.11 Å². The molecule has 2 nitrogen and oxygen atoms in total. The number of nitrogens with two attached hydrogens (primary N) is 1. The number of aryl methyl sites for hydroxylation is 1. The first-order valence-electron chi connectivity index (χ1n) is 4.60. The van der Waals surface area contributed by atoms with E-state index in [9.17, 15) is 5.11 Å². The van der Waals surface area contributed by atoms with E-state index in [0.717, 1.165) is 5.56 Å². The first-order valence-corrected chi connectivity index (χ1v) is 4.60. The minimum atomic E-state index is -0.383. The second-order valence-corrected chi connectivity index (χ2v) is 3.44. The Morgan fingerprint density at radius 1 is 1.38 bits per heavy atom. The molecule has 0 spiro atoms. The second kappa shape index (κ2) is 4.40. The second-order valence-electron chi connectivity index (χ2n) is 3.44. The Balaban J connectivity index is 2.97. The monoisotopic (exact) mass is 179 g/mol. The van der Waals surface area contributed by atoms with Gasteiger partial charge in [0.1, 0.15) is 0 Å². The van der Waals surface area contributed by atoms with E-state index in [-0.39, 0.29) is 12.0 Å². The Morgan fingerprint density at radius 3 is 2.46 bits per heavy atom. The molecule has 0 bridgehead atoms. The Hall–Kier alpha value is -0.860. The van der Waals surface area contributed by atoms with Gasteiger partial charge in [0.2, 0.25) is 0 Å². The molecule has 0 saturated carbocycles. The molecule has 0 aromatic heterocycles. The summed E-state index contributed by atoms with van der Waals surface area (Å²) < 4.78 is 0. The number of hydrogen-bond donors (Lipinski definition) is 2. The third-order valence-electron chi connectivity index (χ3n) is 2.42. The summed E-state index contributed by atoms with van der Waals surface area (Å²) in [6.07, 6.45) is -0.383. The highest BCUT2D eigenvalue weighted by molar-refractivity contribution is 5.30. The van der Waals surface area contributed by atoms with Crippen molar-refractivity contribution in [2.45, 2.75) is 25.9 Å². The molecule has 0 radical (unpaired) electrons. The third-order valence-corrected chi connectivity index (χ3v) is 2.42. The number of rotatable bonds is 3. The maximum atomic E-state index is 9.51. The Morgan fingerprint density at radius 2 is 2.00 bits per heavy atom. The van der Waals surface area contributed by atoms with E-state index < -0.39 is 0 Å². The van der Waals surface area contributed by atoms with Crippen LogP contribution < -0.4 is 5.73 Å². The van der Waals surface area contributed by atoms with Gasteiger partial charge < -0.3 is 10.8 Å². The van der Waals surface area contributed by atoms with Gasteiger partial charge in [-0.15, -0.1) is 0 Å². The van der Waals surface area contributed by atoms with E-state index in [1.807, 2.05) is 31.2 Å². The molecule has 0 aliphatic carbocycles. The van der Waals surface area contributed by atoms with Crippen LogP contribution in [0.5, 0.6) is 0 Å². The van der Waals surface area contributed by atoms with Crippen LogP contribution >= 0.6 is 0 Å². The summed E-state index contributed by atoms with van der Waals surface area (Å²) in [5, 5.41) is 9.51. The first kappa shape index (κ1) is 10.2. The predicted octanol–water partition coefficient (Wildman–Crippen LogP) is 1.42. The average Bonchev–Trinajstić information content (AvgIpc) is 2.09. The molecule has 13 heavy (non-hydrogen) atoms. The number of aliphatic hydroxyl groups excluding tert-OH is 1. The van der Waals surface area contributed by atoms with Crippen LogP contribution in [0.15, 0.2) is 24.3 Å². The molecule has 1 aromatic rings. The van der Waals surface area contributed by atoms with Crippen molar-refractivity contribution in [2.24, 2.45) is 5.73 Å². The van der Waals surface area contributed by atoms with Crippen LogP contribution in [0.25, 0.3) is 0 Å². The van der Waals surface area contributed by atoms with E-state index in [0.29, 0.717) is 6.54 Å². The number of benzene rings is 1. The van der Waals surface area contributed by atoms with Crippen LogP contribution in [-0.4, -0.2) is 17.8 Å². The highest BCUT2D eigenvalue weighted by Crippen LogP contribution is 2.21. The van der Waals surface area contributed by atoms with Crippen molar-refractivity contribution in [3.05, 3.63) is 35.4 Å². The summed E-state index contributed by atoms with van der Waals surface area (Å²) in [7, 11) is 0. The zero-order valence-corrected chi connectivity index (χ0v) is 8.20. The van der Waals surface area contributed by atoms with Crippen molar-refractivity contribution in [1.82, 2.24) is 0 Å². The minimum absolute atomic E-state index is 0.0567. The summed E-state index contributed by atoms with van der Waals surface area (Å²) in [5.74, 6) is 0.0567. The molecule has 2 heteroatoms. The maximum absolute atomic E-state index is 9.51. The summed E-state index contributed by atoms with van der Waals surface area (Å²) in [6.45, 7) is 4.31. The number of hydrogen-bond acceptors (Lipinski definition) is 2. The molecule has 0 saturated heterocycles. The summed E-state index contributed by atoms with van der Waals surface area (Å²) in [4.78, 5) is 0. The highest BCUT2D eigenvalue weighted by atomic mass is 16.3. The lowest BCUT2D eigenvalue weighted by Crippen LogP contribution is -2.23. The van der Waals surface area contributed by atoms with Crippen LogP contribution in [0, 0.1) is 6.92 Å². The van der Waals surface area contributed by atoms with E-state index >= 15 is 0 Å². The van der Waals surface area contributed by atoms with Crippen molar-refractivity contribution in [3.8, 4) is 0 Å². The Labute approximate surface area is 79.4 Å². The molecule has 0 aliphatic rings.